The standard InChI is InChI=1S/C88H99BN4/c1-20-21-22-23-25-63-26-24-27-64(52-63)65-53-82-84-83(54-65)93(79-51-60(5)58(3)49-62(79)7)81-56-75(91(72-40-32-68(33-41-72)87(14,15)16)73-42-34-69(35-43-73)88(17,18)19)45-47-77(81)89(84)76-46-44-74(55-80(76)92(82)78-50-59(4)57(2)48-61(78)6)90(70-36-28-66(29-37-70)85(8,9)10)71-38-30-67(31-39-71)86(11,12)13/h24,26-56H,20-23,25H2,1-19H3. The van der Waals surface area contributed by atoms with Crippen LogP contribution in [0.5, 0.6) is 0 Å². The minimum atomic E-state index is -0.135. The predicted molar refractivity (Wildman–Crippen MR) is 406 cm³/mol. The van der Waals surface area contributed by atoms with Crippen molar-refractivity contribution in [3.05, 3.63) is 255 Å². The van der Waals surface area contributed by atoms with Gasteiger partial charge in [0.15, 0.2) is 0 Å². The van der Waals surface area contributed by atoms with Crippen LogP contribution in [0.15, 0.2) is 194 Å². The molecule has 0 spiro atoms. The van der Waals surface area contributed by atoms with Crippen LogP contribution in [0.1, 0.15) is 177 Å². The Morgan fingerprint density at radius 1 is 0.312 bits per heavy atom. The van der Waals surface area contributed by atoms with Gasteiger partial charge in [0.1, 0.15) is 0 Å². The van der Waals surface area contributed by atoms with E-state index in [0.717, 1.165) is 40.5 Å². The third kappa shape index (κ3) is 12.6. The number of hydrogen-bond donors (Lipinski definition) is 0. The van der Waals surface area contributed by atoms with E-state index in [1.54, 1.807) is 0 Å². The van der Waals surface area contributed by atoms with E-state index in [2.05, 4.69) is 345 Å². The highest BCUT2D eigenvalue weighted by atomic mass is 15.2. The van der Waals surface area contributed by atoms with Gasteiger partial charge in [-0.2, -0.15) is 0 Å². The summed E-state index contributed by atoms with van der Waals surface area (Å²) < 4.78 is 0. The van der Waals surface area contributed by atoms with Gasteiger partial charge < -0.3 is 19.6 Å². The SMILES string of the molecule is CCCCCCc1cccc(-c2cc3c4c(c2)N(c2cc(C)c(C)cc2C)c2cc(N(c5ccc(C(C)(C)C)cc5)c5ccc(C(C)(C)C)cc5)ccc2B4c2ccc(N(c4ccc(C(C)(C)C)cc4)c4ccc(C(C)(C)C)cc4)cc2N3c2cc(C)c(C)cc2C)c1. The van der Waals surface area contributed by atoms with Gasteiger partial charge in [0.05, 0.1) is 0 Å². The number of anilines is 12. The number of nitrogens with zero attached hydrogens (tertiary/aromatic N) is 4. The number of benzene rings is 10. The summed E-state index contributed by atoms with van der Waals surface area (Å²) in [6, 6.07) is 76.3. The van der Waals surface area contributed by atoms with Crippen LogP contribution >= 0.6 is 0 Å². The lowest BCUT2D eigenvalue weighted by atomic mass is 9.33. The van der Waals surface area contributed by atoms with Crippen LogP contribution < -0.4 is 36.0 Å². The van der Waals surface area contributed by atoms with Gasteiger partial charge in [-0.1, -0.05) is 206 Å². The lowest BCUT2D eigenvalue weighted by molar-refractivity contribution is 0.590. The Hall–Kier alpha value is -8.54. The maximum atomic E-state index is 2.66. The molecule has 0 aromatic heterocycles. The summed E-state index contributed by atoms with van der Waals surface area (Å²) in [6.07, 6.45) is 5.97. The van der Waals surface area contributed by atoms with Crippen molar-refractivity contribution in [1.29, 1.82) is 0 Å². The molecule has 0 fully saturated rings. The molecule has 0 saturated carbocycles. The maximum absolute atomic E-state index is 2.66. The molecule has 0 N–H and O–H groups in total. The Morgan fingerprint density at radius 2 is 0.667 bits per heavy atom. The van der Waals surface area contributed by atoms with Crippen LogP contribution in [0.25, 0.3) is 11.1 Å². The van der Waals surface area contributed by atoms with Gasteiger partial charge in [0.25, 0.3) is 6.71 Å². The van der Waals surface area contributed by atoms with Crippen LogP contribution in [-0.2, 0) is 28.1 Å². The van der Waals surface area contributed by atoms with E-state index in [9.17, 15) is 0 Å². The minimum Gasteiger partial charge on any atom is -0.311 e. The van der Waals surface area contributed by atoms with Gasteiger partial charge in [-0.15, -0.1) is 0 Å². The summed E-state index contributed by atoms with van der Waals surface area (Å²) in [5.74, 6) is 0. The molecule has 0 aliphatic carbocycles. The zero-order chi connectivity index (χ0) is 66.2. The molecule has 474 valence electrons. The van der Waals surface area contributed by atoms with Crippen molar-refractivity contribution in [2.75, 3.05) is 19.6 Å². The minimum absolute atomic E-state index is 0.00636. The first-order valence-corrected chi connectivity index (χ1v) is 34.4. The second kappa shape index (κ2) is 24.7. The third-order valence-corrected chi connectivity index (χ3v) is 20.2. The molecule has 0 amide bonds. The zero-order valence-electron chi connectivity index (χ0n) is 59.4. The zero-order valence-corrected chi connectivity index (χ0v) is 59.4. The topological polar surface area (TPSA) is 13.0 Å². The summed E-state index contributed by atoms with van der Waals surface area (Å²) >= 11 is 0. The van der Waals surface area contributed by atoms with Gasteiger partial charge in [-0.05, 0) is 262 Å². The molecular weight excluding hydrogens is 1120 g/mol. The van der Waals surface area contributed by atoms with Gasteiger partial charge >= 0.3 is 0 Å². The molecule has 0 unspecified atom stereocenters. The fraction of sp³-hybridized carbons (Fsp3) is 0.318. The summed E-state index contributed by atoms with van der Waals surface area (Å²) in [5.41, 5.74) is 34.4. The molecule has 0 bridgehead atoms. The molecule has 5 heteroatoms. The molecule has 12 rings (SSSR count). The third-order valence-electron chi connectivity index (χ3n) is 20.2. The number of rotatable bonds is 14. The Labute approximate surface area is 559 Å². The Kier molecular flexibility index (Phi) is 17.2. The highest BCUT2D eigenvalue weighted by molar-refractivity contribution is 7.00. The van der Waals surface area contributed by atoms with Crippen LogP contribution in [-0.4, -0.2) is 6.71 Å². The second-order valence-electron chi connectivity index (χ2n) is 31.3. The normalized spacial score (nSPS) is 13.0. The molecule has 0 radical (unpaired) electrons. The first kappa shape index (κ1) is 64.6. The van der Waals surface area contributed by atoms with E-state index in [4.69, 9.17) is 0 Å². The Bertz CT molecular complexity index is 4040. The van der Waals surface area contributed by atoms with Gasteiger partial charge in [0.2, 0.25) is 0 Å². The van der Waals surface area contributed by atoms with Crippen molar-refractivity contribution < 1.29 is 0 Å². The van der Waals surface area contributed by atoms with E-state index < -0.39 is 0 Å². The van der Waals surface area contributed by atoms with Crippen molar-refractivity contribution in [2.24, 2.45) is 0 Å². The maximum Gasteiger partial charge on any atom is 0.252 e. The van der Waals surface area contributed by atoms with E-state index in [-0.39, 0.29) is 28.4 Å². The number of fused-ring (bicyclic) bond motifs is 4. The largest absolute Gasteiger partial charge is 0.311 e. The fourth-order valence-electron chi connectivity index (χ4n) is 14.3. The van der Waals surface area contributed by atoms with Crippen molar-refractivity contribution >= 4 is 91.3 Å². The lowest BCUT2D eigenvalue weighted by Gasteiger charge is -2.45. The van der Waals surface area contributed by atoms with E-state index in [1.807, 2.05) is 0 Å². The van der Waals surface area contributed by atoms with Crippen molar-refractivity contribution in [2.45, 2.75) is 185 Å². The summed E-state index contributed by atoms with van der Waals surface area (Å²) in [6.45, 7) is 43.5. The smallest absolute Gasteiger partial charge is 0.252 e. The molecule has 10 aromatic rings. The van der Waals surface area contributed by atoms with Crippen molar-refractivity contribution in [1.82, 2.24) is 0 Å². The molecule has 93 heavy (non-hydrogen) atoms. The molecule has 2 aliphatic heterocycles. The summed E-state index contributed by atoms with van der Waals surface area (Å²) in [7, 11) is 0. The lowest BCUT2D eigenvalue weighted by Crippen LogP contribution is -2.61. The molecule has 4 nitrogen and oxygen atoms in total. The Balaban J connectivity index is 1.18. The summed E-state index contributed by atoms with van der Waals surface area (Å²) in [5, 5.41) is 0. The van der Waals surface area contributed by atoms with Gasteiger partial charge in [0, 0.05) is 68.2 Å². The number of hydrogen-bond acceptors (Lipinski definition) is 4. The molecule has 0 atom stereocenters. The molecule has 10 aromatic carbocycles. The first-order valence-electron chi connectivity index (χ1n) is 34.4. The number of unbranched alkanes of at least 4 members (excludes halogenated alkanes) is 3. The molecular formula is C88H99BN4. The summed E-state index contributed by atoms with van der Waals surface area (Å²) in [4.78, 5) is 10.3. The molecule has 2 aliphatic rings. The van der Waals surface area contributed by atoms with Crippen LogP contribution in [0.4, 0.5) is 68.2 Å². The van der Waals surface area contributed by atoms with Crippen LogP contribution in [0.3, 0.4) is 0 Å². The fourth-order valence-corrected chi connectivity index (χ4v) is 14.3. The van der Waals surface area contributed by atoms with Crippen molar-refractivity contribution in [3.8, 4) is 11.1 Å². The monoisotopic (exact) mass is 1220 g/mol. The second-order valence-corrected chi connectivity index (χ2v) is 31.3. The number of aryl methyl sites for hydroxylation is 7. The Morgan fingerprint density at radius 3 is 1.02 bits per heavy atom. The van der Waals surface area contributed by atoms with Gasteiger partial charge in [-0.25, -0.2) is 0 Å². The molecule has 0 saturated heterocycles. The van der Waals surface area contributed by atoms with Gasteiger partial charge in [-0.3, -0.25) is 0 Å². The quantitative estimate of drug-likeness (QED) is 0.0795. The van der Waals surface area contributed by atoms with E-state index >= 15 is 0 Å². The average Bonchev–Trinajstić information content (AvgIpc) is 0.695. The van der Waals surface area contributed by atoms with Crippen molar-refractivity contribution in [3.63, 3.8) is 0 Å². The molecule has 2 heterocycles. The highest BCUT2D eigenvalue weighted by Crippen LogP contribution is 2.51. The van der Waals surface area contributed by atoms with Crippen LogP contribution in [0.2, 0.25) is 0 Å². The van der Waals surface area contributed by atoms with Crippen LogP contribution in [0, 0.1) is 41.5 Å². The predicted octanol–water partition coefficient (Wildman–Crippen LogP) is 23.5. The van der Waals surface area contributed by atoms with E-state index in [1.165, 1.54) is 149 Å². The highest BCUT2D eigenvalue weighted by Gasteiger charge is 2.45. The van der Waals surface area contributed by atoms with E-state index in [0.29, 0.717) is 0 Å². The first-order chi connectivity index (χ1) is 44.1. The average molecular weight is 1220 g/mol.